The molecule has 0 aliphatic heterocycles. The standard InChI is InChI=1S/C14H22N2O2S/c1-2-14(7-8-14)11-16-19(17,18)10-13-6-4-3-5-12(13)9-15/h3-6,16H,2,7-11,15H2,1H3. The van der Waals surface area contributed by atoms with Crippen LogP contribution in [0.5, 0.6) is 0 Å². The lowest BCUT2D eigenvalue weighted by Crippen LogP contribution is -2.31. The first-order valence-electron chi connectivity index (χ1n) is 6.74. The van der Waals surface area contributed by atoms with Gasteiger partial charge in [0.15, 0.2) is 0 Å². The SMILES string of the molecule is CCC1(CNS(=O)(=O)Cc2ccccc2CN)CC1. The van der Waals surface area contributed by atoms with Gasteiger partial charge in [-0.3, -0.25) is 0 Å². The maximum Gasteiger partial charge on any atom is 0.215 e. The summed E-state index contributed by atoms with van der Waals surface area (Å²) in [7, 11) is -3.28. The Kier molecular flexibility index (Phi) is 4.28. The highest BCUT2D eigenvalue weighted by molar-refractivity contribution is 7.88. The van der Waals surface area contributed by atoms with Gasteiger partial charge < -0.3 is 5.73 Å². The molecule has 1 fully saturated rings. The third-order valence-electron chi connectivity index (χ3n) is 4.06. The number of nitrogens with one attached hydrogen (secondary N) is 1. The fraction of sp³-hybridized carbons (Fsp3) is 0.571. The van der Waals surface area contributed by atoms with Gasteiger partial charge in [-0.2, -0.15) is 0 Å². The van der Waals surface area contributed by atoms with Gasteiger partial charge >= 0.3 is 0 Å². The molecular weight excluding hydrogens is 260 g/mol. The molecule has 19 heavy (non-hydrogen) atoms. The summed E-state index contributed by atoms with van der Waals surface area (Å²) < 4.78 is 27.0. The highest BCUT2D eigenvalue weighted by Crippen LogP contribution is 2.47. The molecule has 1 aromatic rings. The summed E-state index contributed by atoms with van der Waals surface area (Å²) in [5.74, 6) is 0.0141. The predicted molar refractivity (Wildman–Crippen MR) is 76.9 cm³/mol. The van der Waals surface area contributed by atoms with Crippen molar-refractivity contribution in [3.8, 4) is 0 Å². The Morgan fingerprint density at radius 1 is 1.26 bits per heavy atom. The van der Waals surface area contributed by atoms with Crippen molar-refractivity contribution in [1.29, 1.82) is 0 Å². The first-order chi connectivity index (χ1) is 9.00. The predicted octanol–water partition coefficient (Wildman–Crippen LogP) is 1.75. The van der Waals surface area contributed by atoms with Gasteiger partial charge in [0.1, 0.15) is 0 Å². The van der Waals surface area contributed by atoms with Crippen molar-refractivity contribution in [2.75, 3.05) is 6.54 Å². The maximum absolute atomic E-state index is 12.1. The average Bonchev–Trinajstić information content (AvgIpc) is 3.18. The monoisotopic (exact) mass is 282 g/mol. The molecule has 1 saturated carbocycles. The van der Waals surface area contributed by atoms with Crippen LogP contribution in [0.4, 0.5) is 0 Å². The van der Waals surface area contributed by atoms with Crippen LogP contribution in [0.15, 0.2) is 24.3 Å². The minimum atomic E-state index is -3.28. The van der Waals surface area contributed by atoms with E-state index in [-0.39, 0.29) is 11.2 Å². The maximum atomic E-state index is 12.1. The molecule has 5 heteroatoms. The Hall–Kier alpha value is -0.910. The van der Waals surface area contributed by atoms with Gasteiger partial charge in [0.25, 0.3) is 0 Å². The normalized spacial score (nSPS) is 17.4. The Balaban J connectivity index is 2.00. The number of hydrogen-bond acceptors (Lipinski definition) is 3. The summed E-state index contributed by atoms with van der Waals surface area (Å²) >= 11 is 0. The molecule has 1 aliphatic carbocycles. The van der Waals surface area contributed by atoms with E-state index < -0.39 is 10.0 Å². The first-order valence-corrected chi connectivity index (χ1v) is 8.40. The van der Waals surface area contributed by atoms with E-state index in [9.17, 15) is 8.42 Å². The zero-order valence-electron chi connectivity index (χ0n) is 11.4. The number of sulfonamides is 1. The second kappa shape index (κ2) is 5.61. The molecule has 1 aliphatic rings. The number of rotatable bonds is 7. The van der Waals surface area contributed by atoms with Crippen LogP contribution in [0.25, 0.3) is 0 Å². The molecule has 106 valence electrons. The van der Waals surface area contributed by atoms with Crippen molar-refractivity contribution in [2.24, 2.45) is 11.1 Å². The summed E-state index contributed by atoms with van der Waals surface area (Å²) in [6.07, 6.45) is 3.30. The highest BCUT2D eigenvalue weighted by Gasteiger charge is 2.41. The molecule has 3 N–H and O–H groups in total. The Morgan fingerprint density at radius 2 is 1.89 bits per heavy atom. The Bertz CT molecular complexity index is 536. The van der Waals surface area contributed by atoms with Crippen LogP contribution in [0.2, 0.25) is 0 Å². The molecule has 1 aromatic carbocycles. The first kappa shape index (κ1) is 14.5. The summed E-state index contributed by atoms with van der Waals surface area (Å²) in [6, 6.07) is 7.42. The summed E-state index contributed by atoms with van der Waals surface area (Å²) in [5.41, 5.74) is 7.54. The topological polar surface area (TPSA) is 72.2 Å². The van der Waals surface area contributed by atoms with E-state index in [4.69, 9.17) is 5.73 Å². The van der Waals surface area contributed by atoms with Crippen LogP contribution >= 0.6 is 0 Å². The van der Waals surface area contributed by atoms with Gasteiger partial charge in [0.2, 0.25) is 10.0 Å². The molecular formula is C14H22N2O2S. The number of nitrogens with two attached hydrogens (primary N) is 1. The highest BCUT2D eigenvalue weighted by atomic mass is 32.2. The average molecular weight is 282 g/mol. The van der Waals surface area contributed by atoms with E-state index in [0.717, 1.165) is 30.4 Å². The van der Waals surface area contributed by atoms with E-state index >= 15 is 0 Å². The van der Waals surface area contributed by atoms with Crippen molar-refractivity contribution < 1.29 is 8.42 Å². The Morgan fingerprint density at radius 3 is 2.42 bits per heavy atom. The lowest BCUT2D eigenvalue weighted by atomic mass is 10.1. The molecule has 0 amide bonds. The van der Waals surface area contributed by atoms with Gasteiger partial charge in [-0.1, -0.05) is 31.2 Å². The van der Waals surface area contributed by atoms with E-state index in [0.29, 0.717) is 13.1 Å². The lowest BCUT2D eigenvalue weighted by molar-refractivity contribution is 0.475. The molecule has 0 bridgehead atoms. The van der Waals surface area contributed by atoms with Crippen LogP contribution in [-0.2, 0) is 22.3 Å². The second-order valence-electron chi connectivity index (χ2n) is 5.41. The molecule has 0 atom stereocenters. The van der Waals surface area contributed by atoms with Crippen molar-refractivity contribution in [3.05, 3.63) is 35.4 Å². The second-order valence-corrected chi connectivity index (χ2v) is 7.21. The van der Waals surface area contributed by atoms with Crippen LogP contribution in [-0.4, -0.2) is 15.0 Å². The van der Waals surface area contributed by atoms with Gasteiger partial charge in [-0.05, 0) is 35.8 Å². The van der Waals surface area contributed by atoms with E-state index in [2.05, 4.69) is 11.6 Å². The Labute approximate surface area is 115 Å². The minimum Gasteiger partial charge on any atom is -0.326 e. The summed E-state index contributed by atoms with van der Waals surface area (Å²) in [6.45, 7) is 3.05. The molecule has 0 radical (unpaired) electrons. The molecule has 4 nitrogen and oxygen atoms in total. The van der Waals surface area contributed by atoms with E-state index in [1.165, 1.54) is 0 Å². The molecule has 0 spiro atoms. The van der Waals surface area contributed by atoms with Crippen molar-refractivity contribution in [3.63, 3.8) is 0 Å². The number of hydrogen-bond donors (Lipinski definition) is 2. The van der Waals surface area contributed by atoms with Gasteiger partial charge in [-0.25, -0.2) is 13.1 Å². The van der Waals surface area contributed by atoms with Gasteiger partial charge in [0.05, 0.1) is 5.75 Å². The van der Waals surface area contributed by atoms with Crippen LogP contribution < -0.4 is 10.5 Å². The fourth-order valence-corrected chi connectivity index (χ4v) is 3.57. The van der Waals surface area contributed by atoms with E-state index in [1.54, 1.807) is 0 Å². The van der Waals surface area contributed by atoms with Crippen molar-refractivity contribution in [1.82, 2.24) is 4.72 Å². The van der Waals surface area contributed by atoms with Crippen molar-refractivity contribution >= 4 is 10.0 Å². The largest absolute Gasteiger partial charge is 0.326 e. The van der Waals surface area contributed by atoms with Crippen LogP contribution in [0.3, 0.4) is 0 Å². The van der Waals surface area contributed by atoms with E-state index in [1.807, 2.05) is 24.3 Å². The molecule has 0 saturated heterocycles. The van der Waals surface area contributed by atoms with Gasteiger partial charge in [0, 0.05) is 13.1 Å². The molecule has 0 heterocycles. The lowest BCUT2D eigenvalue weighted by Gasteiger charge is -2.14. The van der Waals surface area contributed by atoms with Crippen molar-refractivity contribution in [2.45, 2.75) is 38.5 Å². The van der Waals surface area contributed by atoms with Gasteiger partial charge in [-0.15, -0.1) is 0 Å². The minimum absolute atomic E-state index is 0.0141. The zero-order valence-corrected chi connectivity index (χ0v) is 12.2. The summed E-state index contributed by atoms with van der Waals surface area (Å²) in [5, 5.41) is 0. The summed E-state index contributed by atoms with van der Waals surface area (Å²) in [4.78, 5) is 0. The third-order valence-corrected chi connectivity index (χ3v) is 5.33. The quantitative estimate of drug-likeness (QED) is 0.800. The fourth-order valence-electron chi connectivity index (χ4n) is 2.25. The number of benzene rings is 1. The van der Waals surface area contributed by atoms with Crippen LogP contribution in [0.1, 0.15) is 37.3 Å². The van der Waals surface area contributed by atoms with Crippen LogP contribution in [0, 0.1) is 5.41 Å². The smallest absolute Gasteiger partial charge is 0.215 e. The third kappa shape index (κ3) is 3.78. The molecule has 2 rings (SSSR count). The molecule has 0 unspecified atom stereocenters. The zero-order chi connectivity index (χ0) is 13.9. The molecule has 0 aromatic heterocycles.